The lowest BCUT2D eigenvalue weighted by Gasteiger charge is -2.14. The van der Waals surface area contributed by atoms with Crippen LogP contribution in [0.2, 0.25) is 0 Å². The smallest absolute Gasteiger partial charge is 0.191 e. The second-order valence-electron chi connectivity index (χ2n) is 6.48. The minimum absolute atomic E-state index is 0. The minimum Gasteiger partial charge on any atom is -0.379 e. The molecule has 1 aromatic rings. The van der Waals surface area contributed by atoms with Gasteiger partial charge >= 0.3 is 0 Å². The van der Waals surface area contributed by atoms with Crippen molar-refractivity contribution in [3.8, 4) is 0 Å². The first-order valence-electron chi connectivity index (χ1n) is 9.09. The van der Waals surface area contributed by atoms with Crippen LogP contribution in [-0.2, 0) is 16.0 Å². The Morgan fingerprint density at radius 2 is 2.04 bits per heavy atom. The molecule has 1 aliphatic rings. The first-order chi connectivity index (χ1) is 12.2. The van der Waals surface area contributed by atoms with Gasteiger partial charge in [0.2, 0.25) is 0 Å². The summed E-state index contributed by atoms with van der Waals surface area (Å²) < 4.78 is 11.2. The maximum atomic E-state index is 5.66. The fourth-order valence-corrected chi connectivity index (χ4v) is 2.69. The van der Waals surface area contributed by atoms with E-state index in [1.807, 2.05) is 14.1 Å². The first kappa shape index (κ1) is 23.0. The summed E-state index contributed by atoms with van der Waals surface area (Å²) in [7, 11) is 5.88. The van der Waals surface area contributed by atoms with E-state index >= 15 is 0 Å². The van der Waals surface area contributed by atoms with Gasteiger partial charge in [-0.2, -0.15) is 0 Å². The number of hydrogen-bond acceptors (Lipinski definition) is 4. The van der Waals surface area contributed by atoms with Crippen molar-refractivity contribution >= 4 is 35.6 Å². The molecule has 1 fully saturated rings. The molecule has 2 rings (SSSR count). The zero-order valence-corrected chi connectivity index (χ0v) is 18.5. The highest BCUT2D eigenvalue weighted by Gasteiger charge is 2.14. The molecule has 1 saturated heterocycles. The van der Waals surface area contributed by atoms with Gasteiger partial charge in [0.1, 0.15) is 0 Å². The predicted octanol–water partition coefficient (Wildman–Crippen LogP) is 2.62. The topological polar surface area (TPSA) is 58.1 Å². The average Bonchev–Trinajstić information content (AvgIpc) is 3.14. The predicted molar refractivity (Wildman–Crippen MR) is 119 cm³/mol. The highest BCUT2D eigenvalue weighted by Crippen LogP contribution is 2.12. The van der Waals surface area contributed by atoms with Crippen LogP contribution in [0.4, 0.5) is 5.69 Å². The van der Waals surface area contributed by atoms with Crippen LogP contribution >= 0.6 is 24.0 Å². The Bertz CT molecular complexity index is 517. The molecule has 0 spiro atoms. The highest BCUT2D eigenvalue weighted by molar-refractivity contribution is 14.0. The maximum Gasteiger partial charge on any atom is 0.191 e. The second-order valence-corrected chi connectivity index (χ2v) is 6.48. The molecule has 1 unspecified atom stereocenters. The van der Waals surface area contributed by atoms with Gasteiger partial charge in [-0.05, 0) is 37.0 Å². The highest BCUT2D eigenvalue weighted by atomic mass is 127. The summed E-state index contributed by atoms with van der Waals surface area (Å²) in [5, 5.41) is 6.65. The quantitative estimate of drug-likeness (QED) is 0.249. The fourth-order valence-electron chi connectivity index (χ4n) is 2.69. The van der Waals surface area contributed by atoms with Gasteiger partial charge in [0.25, 0.3) is 0 Å². The van der Waals surface area contributed by atoms with Crippen molar-refractivity contribution in [2.75, 3.05) is 52.4 Å². The fraction of sp³-hybridized carbons (Fsp3) is 0.632. The van der Waals surface area contributed by atoms with Gasteiger partial charge in [0, 0.05) is 53.1 Å². The normalized spacial score (nSPS) is 16.9. The molecule has 26 heavy (non-hydrogen) atoms. The second kappa shape index (κ2) is 13.2. The third-order valence-corrected chi connectivity index (χ3v) is 4.22. The lowest BCUT2D eigenvalue weighted by atomic mass is 10.2. The number of nitrogens with zero attached hydrogens (tertiary/aromatic N) is 2. The molecule has 0 bridgehead atoms. The first-order valence-corrected chi connectivity index (χ1v) is 9.09. The molecule has 0 saturated carbocycles. The third-order valence-electron chi connectivity index (χ3n) is 4.22. The van der Waals surface area contributed by atoms with E-state index in [4.69, 9.17) is 9.47 Å². The number of hydrogen-bond donors (Lipinski definition) is 2. The third kappa shape index (κ3) is 8.55. The summed E-state index contributed by atoms with van der Waals surface area (Å²) in [5.74, 6) is 0.816. The molecule has 6 nitrogen and oxygen atoms in total. The summed E-state index contributed by atoms with van der Waals surface area (Å²) in [5.41, 5.74) is 2.43. The van der Waals surface area contributed by atoms with Crippen molar-refractivity contribution in [3.05, 3.63) is 29.8 Å². The number of rotatable bonds is 9. The van der Waals surface area contributed by atoms with Crippen LogP contribution in [0.1, 0.15) is 24.8 Å². The van der Waals surface area contributed by atoms with Crippen LogP contribution in [0.15, 0.2) is 29.3 Å². The molecular weight excluding hydrogens is 443 g/mol. The minimum atomic E-state index is 0. The van der Waals surface area contributed by atoms with Crippen molar-refractivity contribution in [1.29, 1.82) is 0 Å². The van der Waals surface area contributed by atoms with Crippen LogP contribution in [-0.4, -0.2) is 59.6 Å². The van der Waals surface area contributed by atoms with E-state index < -0.39 is 0 Å². The monoisotopic (exact) mass is 476 g/mol. The Labute approximate surface area is 174 Å². The maximum absolute atomic E-state index is 5.66. The van der Waals surface area contributed by atoms with Gasteiger partial charge in [-0.3, -0.25) is 4.99 Å². The van der Waals surface area contributed by atoms with Crippen molar-refractivity contribution in [3.63, 3.8) is 0 Å². The van der Waals surface area contributed by atoms with Gasteiger partial charge in [-0.25, -0.2) is 0 Å². The van der Waals surface area contributed by atoms with Crippen LogP contribution in [0, 0.1) is 0 Å². The molecule has 1 atom stereocenters. The van der Waals surface area contributed by atoms with Gasteiger partial charge in [0.15, 0.2) is 5.96 Å². The van der Waals surface area contributed by atoms with Crippen molar-refractivity contribution in [1.82, 2.24) is 10.6 Å². The van der Waals surface area contributed by atoms with E-state index in [1.165, 1.54) is 11.3 Å². The SMILES string of the molecule is CN=C(NCCCOCC1CCCO1)NCc1ccc(N(C)C)cc1.I. The molecule has 0 aromatic heterocycles. The molecule has 7 heteroatoms. The number of nitrogens with one attached hydrogen (secondary N) is 2. The Kier molecular flexibility index (Phi) is 11.6. The van der Waals surface area contributed by atoms with Gasteiger partial charge in [0.05, 0.1) is 12.7 Å². The van der Waals surface area contributed by atoms with Crippen LogP contribution in [0.3, 0.4) is 0 Å². The number of guanidine groups is 1. The Morgan fingerprint density at radius 3 is 2.65 bits per heavy atom. The Balaban J connectivity index is 0.00000338. The number of anilines is 1. The van der Waals surface area contributed by atoms with E-state index in [-0.39, 0.29) is 24.0 Å². The summed E-state index contributed by atoms with van der Waals surface area (Å²) in [6.45, 7) is 3.94. The molecule has 1 aliphatic heterocycles. The van der Waals surface area contributed by atoms with Crippen LogP contribution in [0.25, 0.3) is 0 Å². The molecule has 1 aromatic carbocycles. The van der Waals surface area contributed by atoms with Crippen LogP contribution < -0.4 is 15.5 Å². The zero-order valence-electron chi connectivity index (χ0n) is 16.2. The van der Waals surface area contributed by atoms with Crippen molar-refractivity contribution in [2.24, 2.45) is 4.99 Å². The number of aliphatic imine (C=N–C) groups is 1. The number of benzene rings is 1. The van der Waals surface area contributed by atoms with E-state index in [0.717, 1.165) is 58.1 Å². The molecule has 148 valence electrons. The summed E-state index contributed by atoms with van der Waals surface area (Å²) in [6, 6.07) is 8.51. The zero-order chi connectivity index (χ0) is 17.9. The average molecular weight is 476 g/mol. The number of halogens is 1. The van der Waals surface area contributed by atoms with Gasteiger partial charge in [-0.15, -0.1) is 24.0 Å². The largest absolute Gasteiger partial charge is 0.379 e. The standard InChI is InChI=1S/C19H32N4O2.HI/c1-20-19(21-11-5-12-24-15-18-6-4-13-25-18)22-14-16-7-9-17(10-8-16)23(2)3;/h7-10,18H,4-6,11-15H2,1-3H3,(H2,20,21,22);1H. The molecule has 2 N–H and O–H groups in total. The Morgan fingerprint density at radius 1 is 1.27 bits per heavy atom. The summed E-state index contributed by atoms with van der Waals surface area (Å²) in [6.07, 6.45) is 3.55. The summed E-state index contributed by atoms with van der Waals surface area (Å²) in [4.78, 5) is 6.35. The molecule has 0 radical (unpaired) electrons. The number of ether oxygens (including phenoxy) is 2. The van der Waals surface area contributed by atoms with Crippen LogP contribution in [0.5, 0.6) is 0 Å². The Hall–Kier alpha value is -1.06. The van der Waals surface area contributed by atoms with Crippen molar-refractivity contribution in [2.45, 2.75) is 31.9 Å². The van der Waals surface area contributed by atoms with E-state index in [9.17, 15) is 0 Å². The van der Waals surface area contributed by atoms with Gasteiger partial charge < -0.3 is 25.0 Å². The molecule has 0 aliphatic carbocycles. The lowest BCUT2D eigenvalue weighted by Crippen LogP contribution is -2.37. The van der Waals surface area contributed by atoms with E-state index in [2.05, 4.69) is 44.8 Å². The molecular formula is C19H33IN4O2. The summed E-state index contributed by atoms with van der Waals surface area (Å²) >= 11 is 0. The molecule has 0 amide bonds. The molecule has 1 heterocycles. The van der Waals surface area contributed by atoms with Gasteiger partial charge in [-0.1, -0.05) is 12.1 Å². The lowest BCUT2D eigenvalue weighted by molar-refractivity contribution is 0.0168. The van der Waals surface area contributed by atoms with E-state index in [0.29, 0.717) is 6.10 Å². The van der Waals surface area contributed by atoms with E-state index in [1.54, 1.807) is 7.05 Å². The van der Waals surface area contributed by atoms with Crippen molar-refractivity contribution < 1.29 is 9.47 Å².